The van der Waals surface area contributed by atoms with Crippen LogP contribution in [0, 0.1) is 0 Å². The molecule has 0 aliphatic heterocycles. The van der Waals surface area contributed by atoms with Gasteiger partial charge in [-0.15, -0.1) is 0 Å². The van der Waals surface area contributed by atoms with E-state index < -0.39 is 17.9 Å². The van der Waals surface area contributed by atoms with Gasteiger partial charge in [-0.2, -0.15) is 18.2 Å². The molecule has 0 aliphatic rings. The highest BCUT2D eigenvalue weighted by Crippen LogP contribution is 2.26. The van der Waals surface area contributed by atoms with E-state index in [-0.39, 0.29) is 24.7 Å². The first-order valence-electron chi connectivity index (χ1n) is 5.86. The van der Waals surface area contributed by atoms with Crippen molar-refractivity contribution in [3.63, 3.8) is 0 Å². The van der Waals surface area contributed by atoms with Crippen LogP contribution in [0.5, 0.6) is 0 Å². The summed E-state index contributed by atoms with van der Waals surface area (Å²) in [5.74, 6) is -3.58. The lowest BCUT2D eigenvalue weighted by molar-refractivity contribution is -0.172. The van der Waals surface area contributed by atoms with E-state index in [0.717, 1.165) is 6.92 Å². The second kappa shape index (κ2) is 7.34. The molecule has 1 aromatic rings. The van der Waals surface area contributed by atoms with Crippen molar-refractivity contribution >= 4 is 5.78 Å². The number of methoxy groups -OCH3 is 1. The summed E-state index contributed by atoms with van der Waals surface area (Å²) < 4.78 is 51.3. The molecule has 0 fully saturated rings. The van der Waals surface area contributed by atoms with Gasteiger partial charge in [0, 0.05) is 13.5 Å². The van der Waals surface area contributed by atoms with Crippen molar-refractivity contribution in [3.8, 4) is 0 Å². The number of hydrogen-bond donors (Lipinski definition) is 0. The molecule has 1 heterocycles. The number of aromatic nitrogens is 2. The molecule has 0 aliphatic carbocycles. The Morgan fingerprint density at radius 2 is 2.05 bits per heavy atom. The third kappa shape index (κ3) is 4.89. The van der Waals surface area contributed by atoms with Gasteiger partial charge < -0.3 is 14.0 Å². The lowest BCUT2D eigenvalue weighted by Crippen LogP contribution is -2.27. The van der Waals surface area contributed by atoms with Gasteiger partial charge in [-0.25, -0.2) is 0 Å². The average molecular weight is 296 g/mol. The molecule has 1 rings (SSSR count). The molecule has 0 N–H and O–H groups in total. The van der Waals surface area contributed by atoms with Crippen molar-refractivity contribution in [1.29, 1.82) is 0 Å². The molecule has 0 spiro atoms. The van der Waals surface area contributed by atoms with Crippen molar-refractivity contribution < 1.29 is 32.0 Å². The number of carbonyl (C=O) groups is 1. The summed E-state index contributed by atoms with van der Waals surface area (Å²) in [7, 11) is 1.54. The molecule has 9 heteroatoms. The number of halogens is 3. The molecule has 0 saturated carbocycles. The second-order valence-electron chi connectivity index (χ2n) is 3.99. The quantitative estimate of drug-likeness (QED) is 0.677. The molecule has 20 heavy (non-hydrogen) atoms. The molecule has 1 atom stereocenters. The number of hydrogen-bond acceptors (Lipinski definition) is 6. The van der Waals surface area contributed by atoms with Gasteiger partial charge in [-0.05, 0) is 6.92 Å². The van der Waals surface area contributed by atoms with Crippen LogP contribution in [0.4, 0.5) is 13.2 Å². The van der Waals surface area contributed by atoms with Crippen molar-refractivity contribution in [2.24, 2.45) is 0 Å². The van der Waals surface area contributed by atoms with Gasteiger partial charge in [0.2, 0.25) is 11.7 Å². The van der Waals surface area contributed by atoms with Gasteiger partial charge in [-0.1, -0.05) is 5.16 Å². The van der Waals surface area contributed by atoms with Crippen LogP contribution in [-0.2, 0) is 20.7 Å². The predicted octanol–water partition coefficient (Wildman–Crippen LogP) is 1.51. The molecule has 114 valence electrons. The maximum absolute atomic E-state index is 12.2. The van der Waals surface area contributed by atoms with Crippen LogP contribution in [0.15, 0.2) is 4.52 Å². The molecule has 0 saturated heterocycles. The van der Waals surface area contributed by atoms with E-state index >= 15 is 0 Å². The summed E-state index contributed by atoms with van der Waals surface area (Å²) in [4.78, 5) is 14.8. The summed E-state index contributed by atoms with van der Waals surface area (Å²) in [6, 6.07) is 0. The number of alkyl halides is 3. The Bertz CT molecular complexity index is 434. The zero-order valence-corrected chi connectivity index (χ0v) is 11.1. The number of ether oxygens (including phenoxy) is 2. The second-order valence-corrected chi connectivity index (χ2v) is 3.99. The Balaban J connectivity index is 2.48. The van der Waals surface area contributed by atoms with E-state index in [2.05, 4.69) is 14.7 Å². The van der Waals surface area contributed by atoms with E-state index in [1.54, 1.807) is 0 Å². The van der Waals surface area contributed by atoms with Crippen molar-refractivity contribution in [3.05, 3.63) is 11.7 Å². The summed E-state index contributed by atoms with van der Waals surface area (Å²) in [5.41, 5.74) is 0. The van der Waals surface area contributed by atoms with Gasteiger partial charge in [0.25, 0.3) is 0 Å². The lowest BCUT2D eigenvalue weighted by atomic mass is 10.1. The smallest absolute Gasteiger partial charge is 0.382 e. The predicted molar refractivity (Wildman–Crippen MR) is 60.2 cm³/mol. The SMILES string of the molecule is COCCOCCc1noc(C(C)C(=O)C(F)(F)F)n1. The first-order valence-corrected chi connectivity index (χ1v) is 5.86. The fraction of sp³-hybridized carbons (Fsp3) is 0.727. The average Bonchev–Trinajstić information content (AvgIpc) is 2.84. The zero-order chi connectivity index (χ0) is 15.2. The molecule has 6 nitrogen and oxygen atoms in total. The fourth-order valence-corrected chi connectivity index (χ4v) is 1.31. The fourth-order valence-electron chi connectivity index (χ4n) is 1.31. The largest absolute Gasteiger partial charge is 0.450 e. The Morgan fingerprint density at radius 1 is 1.35 bits per heavy atom. The Kier molecular flexibility index (Phi) is 6.08. The van der Waals surface area contributed by atoms with E-state index in [1.807, 2.05) is 0 Å². The van der Waals surface area contributed by atoms with Crippen LogP contribution >= 0.6 is 0 Å². The van der Waals surface area contributed by atoms with Crippen LogP contribution in [0.25, 0.3) is 0 Å². The molecule has 1 aromatic heterocycles. The highest BCUT2D eigenvalue weighted by molar-refractivity contribution is 5.89. The third-order valence-electron chi connectivity index (χ3n) is 2.43. The van der Waals surface area contributed by atoms with Crippen LogP contribution < -0.4 is 0 Å². The van der Waals surface area contributed by atoms with Gasteiger partial charge >= 0.3 is 6.18 Å². The van der Waals surface area contributed by atoms with Crippen LogP contribution in [0.2, 0.25) is 0 Å². The molecule has 0 amide bonds. The topological polar surface area (TPSA) is 74.5 Å². The van der Waals surface area contributed by atoms with Gasteiger partial charge in [0.15, 0.2) is 5.82 Å². The number of carbonyl (C=O) groups excluding carboxylic acids is 1. The van der Waals surface area contributed by atoms with Gasteiger partial charge in [0.05, 0.1) is 19.8 Å². The van der Waals surface area contributed by atoms with Crippen molar-refractivity contribution in [2.75, 3.05) is 26.9 Å². The highest BCUT2D eigenvalue weighted by atomic mass is 19.4. The number of Topliss-reactive ketones (excluding diaryl/α,β-unsaturated/α-hetero) is 1. The molecule has 0 bridgehead atoms. The van der Waals surface area contributed by atoms with Crippen molar-refractivity contribution in [2.45, 2.75) is 25.4 Å². The monoisotopic (exact) mass is 296 g/mol. The Labute approximate surface area is 113 Å². The minimum Gasteiger partial charge on any atom is -0.382 e. The minimum absolute atomic E-state index is 0.194. The summed E-state index contributed by atoms with van der Waals surface area (Å²) >= 11 is 0. The van der Waals surface area contributed by atoms with E-state index in [4.69, 9.17) is 9.47 Å². The molecule has 0 radical (unpaired) electrons. The first kappa shape index (κ1) is 16.6. The van der Waals surface area contributed by atoms with Crippen LogP contribution in [0.1, 0.15) is 24.6 Å². The Morgan fingerprint density at radius 3 is 2.65 bits per heavy atom. The summed E-state index contributed by atoms with van der Waals surface area (Å²) in [6.45, 7) is 2.19. The first-order chi connectivity index (χ1) is 9.36. The van der Waals surface area contributed by atoms with E-state index in [1.165, 1.54) is 7.11 Å². The van der Waals surface area contributed by atoms with Gasteiger partial charge in [0.1, 0.15) is 5.92 Å². The summed E-state index contributed by atoms with van der Waals surface area (Å²) in [5, 5.41) is 3.50. The minimum atomic E-state index is -4.92. The van der Waals surface area contributed by atoms with E-state index in [9.17, 15) is 18.0 Å². The molecule has 0 aromatic carbocycles. The van der Waals surface area contributed by atoms with Crippen molar-refractivity contribution in [1.82, 2.24) is 10.1 Å². The van der Waals surface area contributed by atoms with Gasteiger partial charge in [-0.3, -0.25) is 4.79 Å². The van der Waals surface area contributed by atoms with E-state index in [0.29, 0.717) is 13.2 Å². The maximum Gasteiger partial charge on any atom is 0.450 e. The number of nitrogens with zero attached hydrogens (tertiary/aromatic N) is 2. The zero-order valence-electron chi connectivity index (χ0n) is 11.1. The van der Waals surface area contributed by atoms with Crippen LogP contribution in [-0.4, -0.2) is 49.0 Å². The lowest BCUT2D eigenvalue weighted by Gasteiger charge is -2.08. The number of rotatable bonds is 8. The normalized spacial score (nSPS) is 13.4. The molecular formula is C11H15F3N2O4. The summed E-state index contributed by atoms with van der Waals surface area (Å²) in [6.07, 6.45) is -4.64. The molecular weight excluding hydrogens is 281 g/mol. The molecule has 1 unspecified atom stereocenters. The number of ketones is 1. The Hall–Kier alpha value is -1.48. The standard InChI is InChI=1S/C11H15F3N2O4/c1-7(9(17)11(12,13)14)10-15-8(16-20-10)3-4-19-6-5-18-2/h7H,3-6H2,1-2H3. The highest BCUT2D eigenvalue weighted by Gasteiger charge is 2.43. The van der Waals surface area contributed by atoms with Crippen LogP contribution in [0.3, 0.4) is 0 Å². The third-order valence-corrected chi connectivity index (χ3v) is 2.43. The maximum atomic E-state index is 12.2.